The van der Waals surface area contributed by atoms with Crippen LogP contribution < -0.4 is 5.73 Å². The van der Waals surface area contributed by atoms with Crippen molar-refractivity contribution in [2.45, 2.75) is 52.2 Å². The van der Waals surface area contributed by atoms with E-state index in [2.05, 4.69) is 31.7 Å². The highest BCUT2D eigenvalue weighted by molar-refractivity contribution is 5.13. The van der Waals surface area contributed by atoms with Crippen molar-refractivity contribution in [3.63, 3.8) is 0 Å². The molecular weight excluding hydrogens is 212 g/mol. The van der Waals surface area contributed by atoms with Gasteiger partial charge in [-0.1, -0.05) is 6.92 Å². The van der Waals surface area contributed by atoms with E-state index in [0.717, 1.165) is 24.0 Å². The summed E-state index contributed by atoms with van der Waals surface area (Å²) in [6.45, 7) is 9.76. The molecule has 1 saturated heterocycles. The molecule has 0 radical (unpaired) electrons. The zero-order valence-corrected chi connectivity index (χ0v) is 11.3. The average molecular weight is 236 g/mol. The molecule has 1 aliphatic rings. The molecule has 2 rings (SSSR count). The van der Waals surface area contributed by atoms with E-state index in [9.17, 15) is 0 Å². The van der Waals surface area contributed by atoms with Crippen molar-refractivity contribution in [3.05, 3.63) is 23.7 Å². The lowest BCUT2D eigenvalue weighted by Crippen LogP contribution is -2.41. The smallest absolute Gasteiger partial charge is 0.122 e. The van der Waals surface area contributed by atoms with Gasteiger partial charge < -0.3 is 10.2 Å². The van der Waals surface area contributed by atoms with Gasteiger partial charge in [0.1, 0.15) is 11.5 Å². The number of likely N-dealkylation sites (tertiary alicyclic amines) is 1. The van der Waals surface area contributed by atoms with Gasteiger partial charge >= 0.3 is 0 Å². The molecule has 4 unspecified atom stereocenters. The summed E-state index contributed by atoms with van der Waals surface area (Å²) in [5, 5.41) is 0. The first-order valence-corrected chi connectivity index (χ1v) is 6.56. The summed E-state index contributed by atoms with van der Waals surface area (Å²) >= 11 is 0. The summed E-state index contributed by atoms with van der Waals surface area (Å²) in [4.78, 5) is 2.49. The van der Waals surface area contributed by atoms with Crippen molar-refractivity contribution >= 4 is 0 Å². The molecule has 96 valence electrons. The van der Waals surface area contributed by atoms with Gasteiger partial charge in [0.2, 0.25) is 0 Å². The number of nitrogens with zero attached hydrogens (tertiary/aromatic N) is 1. The average Bonchev–Trinajstić information content (AvgIpc) is 2.75. The summed E-state index contributed by atoms with van der Waals surface area (Å²) in [6, 6.07) is 4.98. The SMILES string of the molecule is Cc1ccc(C(C(C)N)N2CC(C)CC2C)o1. The molecule has 0 saturated carbocycles. The largest absolute Gasteiger partial charge is 0.465 e. The molecular formula is C14H24N2O. The molecule has 2 heterocycles. The predicted molar refractivity (Wildman–Crippen MR) is 69.8 cm³/mol. The monoisotopic (exact) mass is 236 g/mol. The number of hydrogen-bond donors (Lipinski definition) is 1. The van der Waals surface area contributed by atoms with Gasteiger partial charge in [0.25, 0.3) is 0 Å². The van der Waals surface area contributed by atoms with Crippen LogP contribution in [0.2, 0.25) is 0 Å². The fourth-order valence-electron chi connectivity index (χ4n) is 3.06. The first-order valence-electron chi connectivity index (χ1n) is 6.56. The Balaban J connectivity index is 2.24. The van der Waals surface area contributed by atoms with Crippen LogP contribution in [0, 0.1) is 12.8 Å². The van der Waals surface area contributed by atoms with E-state index < -0.39 is 0 Å². The van der Waals surface area contributed by atoms with Crippen LogP contribution in [0.25, 0.3) is 0 Å². The highest BCUT2D eigenvalue weighted by atomic mass is 16.3. The van der Waals surface area contributed by atoms with E-state index in [1.54, 1.807) is 0 Å². The summed E-state index contributed by atoms with van der Waals surface area (Å²) < 4.78 is 5.78. The van der Waals surface area contributed by atoms with Gasteiger partial charge in [-0.15, -0.1) is 0 Å². The molecule has 2 N–H and O–H groups in total. The van der Waals surface area contributed by atoms with Gasteiger partial charge in [0, 0.05) is 18.6 Å². The second kappa shape index (κ2) is 4.83. The standard InChI is InChI=1S/C14H24N2O/c1-9-7-10(2)16(8-9)14(12(4)15)13-6-5-11(3)17-13/h5-6,9-10,12,14H,7-8,15H2,1-4H3. The lowest BCUT2D eigenvalue weighted by molar-refractivity contribution is 0.145. The molecule has 0 aromatic carbocycles. The Hall–Kier alpha value is -0.800. The Morgan fingerprint density at radius 2 is 2.12 bits per heavy atom. The van der Waals surface area contributed by atoms with Gasteiger partial charge in [-0.3, -0.25) is 4.90 Å². The van der Waals surface area contributed by atoms with E-state index in [-0.39, 0.29) is 12.1 Å². The number of aryl methyl sites for hydroxylation is 1. The first kappa shape index (κ1) is 12.7. The number of nitrogens with two attached hydrogens (primary N) is 1. The molecule has 3 heteroatoms. The van der Waals surface area contributed by atoms with Crippen LogP contribution in [-0.2, 0) is 0 Å². The van der Waals surface area contributed by atoms with Gasteiger partial charge in [0.15, 0.2) is 0 Å². The van der Waals surface area contributed by atoms with Crippen molar-refractivity contribution < 1.29 is 4.42 Å². The van der Waals surface area contributed by atoms with E-state index in [1.165, 1.54) is 6.42 Å². The molecule has 0 bridgehead atoms. The van der Waals surface area contributed by atoms with Crippen LogP contribution in [0.4, 0.5) is 0 Å². The fraction of sp³-hybridized carbons (Fsp3) is 0.714. The Bertz CT molecular complexity index is 372. The maximum atomic E-state index is 6.16. The van der Waals surface area contributed by atoms with Crippen LogP contribution in [0.1, 0.15) is 44.8 Å². The zero-order valence-electron chi connectivity index (χ0n) is 11.3. The van der Waals surface area contributed by atoms with Gasteiger partial charge in [0.05, 0.1) is 6.04 Å². The zero-order chi connectivity index (χ0) is 12.6. The van der Waals surface area contributed by atoms with Crippen LogP contribution >= 0.6 is 0 Å². The maximum absolute atomic E-state index is 6.16. The minimum absolute atomic E-state index is 0.0910. The van der Waals surface area contributed by atoms with E-state index in [0.29, 0.717) is 6.04 Å². The Morgan fingerprint density at radius 1 is 1.41 bits per heavy atom. The Kier molecular flexibility index (Phi) is 3.59. The summed E-state index contributed by atoms with van der Waals surface area (Å²) in [5.41, 5.74) is 6.16. The van der Waals surface area contributed by atoms with Crippen molar-refractivity contribution in [3.8, 4) is 0 Å². The summed E-state index contributed by atoms with van der Waals surface area (Å²) in [5.74, 6) is 2.73. The number of furan rings is 1. The van der Waals surface area contributed by atoms with Crippen LogP contribution in [-0.4, -0.2) is 23.5 Å². The fourth-order valence-corrected chi connectivity index (χ4v) is 3.06. The topological polar surface area (TPSA) is 42.4 Å². The second-order valence-corrected chi connectivity index (χ2v) is 5.64. The van der Waals surface area contributed by atoms with E-state index >= 15 is 0 Å². The normalized spacial score (nSPS) is 29.5. The first-order chi connectivity index (χ1) is 7.99. The van der Waals surface area contributed by atoms with Crippen LogP contribution in [0.15, 0.2) is 16.5 Å². The van der Waals surface area contributed by atoms with Crippen LogP contribution in [0.3, 0.4) is 0 Å². The van der Waals surface area contributed by atoms with Crippen molar-refractivity contribution in [1.82, 2.24) is 4.90 Å². The minimum atomic E-state index is 0.0910. The summed E-state index contributed by atoms with van der Waals surface area (Å²) in [6.07, 6.45) is 1.25. The van der Waals surface area contributed by atoms with Crippen molar-refractivity contribution in [1.29, 1.82) is 0 Å². The molecule has 1 aromatic heterocycles. The Labute approximate surface area is 104 Å². The second-order valence-electron chi connectivity index (χ2n) is 5.64. The lowest BCUT2D eigenvalue weighted by atomic mass is 10.1. The molecule has 3 nitrogen and oxygen atoms in total. The van der Waals surface area contributed by atoms with Gasteiger partial charge in [-0.05, 0) is 45.2 Å². The molecule has 1 aliphatic heterocycles. The van der Waals surface area contributed by atoms with Gasteiger partial charge in [-0.2, -0.15) is 0 Å². The predicted octanol–water partition coefficient (Wildman–Crippen LogP) is 2.71. The third kappa shape index (κ3) is 2.55. The molecule has 4 atom stereocenters. The summed E-state index contributed by atoms with van der Waals surface area (Å²) in [7, 11) is 0. The lowest BCUT2D eigenvalue weighted by Gasteiger charge is -2.32. The highest BCUT2D eigenvalue weighted by Gasteiger charge is 2.35. The van der Waals surface area contributed by atoms with Crippen LogP contribution in [0.5, 0.6) is 0 Å². The molecule has 1 fully saturated rings. The molecule has 0 spiro atoms. The van der Waals surface area contributed by atoms with Gasteiger partial charge in [-0.25, -0.2) is 0 Å². The van der Waals surface area contributed by atoms with E-state index in [1.807, 2.05) is 13.0 Å². The minimum Gasteiger partial charge on any atom is -0.465 e. The number of rotatable bonds is 3. The molecule has 17 heavy (non-hydrogen) atoms. The highest BCUT2D eigenvalue weighted by Crippen LogP contribution is 2.34. The molecule has 0 amide bonds. The molecule has 0 aliphatic carbocycles. The Morgan fingerprint density at radius 3 is 2.53 bits per heavy atom. The molecule has 1 aromatic rings. The third-order valence-electron chi connectivity index (χ3n) is 3.74. The quantitative estimate of drug-likeness (QED) is 0.877. The van der Waals surface area contributed by atoms with Crippen molar-refractivity contribution in [2.75, 3.05) is 6.54 Å². The van der Waals surface area contributed by atoms with Crippen molar-refractivity contribution in [2.24, 2.45) is 11.7 Å². The van der Waals surface area contributed by atoms with E-state index in [4.69, 9.17) is 10.2 Å². The maximum Gasteiger partial charge on any atom is 0.122 e. The third-order valence-corrected chi connectivity index (χ3v) is 3.74. The number of hydrogen-bond acceptors (Lipinski definition) is 3.